The molecule has 1 aromatic carbocycles. The van der Waals surface area contributed by atoms with Gasteiger partial charge in [0, 0.05) is 42.0 Å². The van der Waals surface area contributed by atoms with Gasteiger partial charge in [0.2, 0.25) is 0 Å². The minimum Gasteiger partial charge on any atom is -0.358 e. The Hall–Kier alpha value is -1.87. The summed E-state index contributed by atoms with van der Waals surface area (Å²) in [4.78, 5) is 14.6. The van der Waals surface area contributed by atoms with Crippen molar-refractivity contribution in [2.75, 3.05) is 18.4 Å². The van der Waals surface area contributed by atoms with Crippen molar-refractivity contribution in [3.05, 3.63) is 52.7 Å². The fourth-order valence-corrected chi connectivity index (χ4v) is 5.44. The summed E-state index contributed by atoms with van der Waals surface area (Å²) < 4.78 is 0. The Bertz CT molecular complexity index is 748. The molecule has 3 atom stereocenters. The molecule has 112 valence electrons. The van der Waals surface area contributed by atoms with Crippen molar-refractivity contribution in [1.29, 1.82) is 0 Å². The van der Waals surface area contributed by atoms with Crippen molar-refractivity contribution in [2.45, 2.75) is 31.2 Å². The lowest BCUT2D eigenvalue weighted by Crippen LogP contribution is -2.52. The molecule has 4 aliphatic rings. The summed E-state index contributed by atoms with van der Waals surface area (Å²) in [7, 11) is 0. The highest BCUT2D eigenvalue weighted by Crippen LogP contribution is 2.60. The average Bonchev–Trinajstić information content (AvgIpc) is 3.11. The van der Waals surface area contributed by atoms with Gasteiger partial charge in [-0.15, -0.1) is 0 Å². The van der Waals surface area contributed by atoms with Crippen LogP contribution in [0.2, 0.25) is 0 Å². The van der Waals surface area contributed by atoms with E-state index in [1.807, 2.05) is 0 Å². The monoisotopic (exact) mass is 292 g/mol. The fourth-order valence-electron chi connectivity index (χ4n) is 5.44. The highest BCUT2D eigenvalue weighted by molar-refractivity contribution is 5.84. The molecule has 3 nitrogen and oxygen atoms in total. The van der Waals surface area contributed by atoms with Gasteiger partial charge in [-0.1, -0.05) is 29.8 Å². The SMILES string of the molecule is CC=C1CN2CC[C@]34C(=C(C=O)[C@H]1C[C@H]23)Nc1ccccc14. The molecule has 0 radical (unpaired) electrons. The average molecular weight is 292 g/mol. The molecule has 3 heteroatoms. The molecule has 1 N–H and O–H groups in total. The topological polar surface area (TPSA) is 32.3 Å². The maximum Gasteiger partial charge on any atom is 0.148 e. The van der Waals surface area contributed by atoms with E-state index in [1.54, 1.807) is 0 Å². The lowest BCUT2D eigenvalue weighted by molar-refractivity contribution is -0.105. The molecule has 3 aliphatic heterocycles. The number of allylic oxidation sites excluding steroid dienone is 2. The van der Waals surface area contributed by atoms with Gasteiger partial charge in [0.25, 0.3) is 0 Å². The molecule has 0 aromatic heterocycles. The van der Waals surface area contributed by atoms with Crippen molar-refractivity contribution in [3.8, 4) is 0 Å². The predicted octanol–water partition coefficient (Wildman–Crippen LogP) is 2.86. The number of fused-ring (bicyclic) bond motifs is 2. The van der Waals surface area contributed by atoms with E-state index in [1.165, 1.54) is 22.5 Å². The number of nitrogens with one attached hydrogen (secondary N) is 1. The number of piperidine rings is 1. The van der Waals surface area contributed by atoms with E-state index in [2.05, 4.69) is 47.5 Å². The summed E-state index contributed by atoms with van der Waals surface area (Å²) in [5, 5.41) is 3.62. The number of carbonyl (C=O) groups excluding carboxylic acids is 1. The van der Waals surface area contributed by atoms with E-state index < -0.39 is 0 Å². The fraction of sp³-hybridized carbons (Fsp3) is 0.421. The number of benzene rings is 1. The summed E-state index contributed by atoms with van der Waals surface area (Å²) >= 11 is 0. The number of hydrogen-bond acceptors (Lipinski definition) is 3. The van der Waals surface area contributed by atoms with Gasteiger partial charge in [-0.25, -0.2) is 0 Å². The van der Waals surface area contributed by atoms with Gasteiger partial charge in [0.15, 0.2) is 0 Å². The Morgan fingerprint density at radius 1 is 1.36 bits per heavy atom. The van der Waals surface area contributed by atoms with E-state index in [0.717, 1.165) is 37.8 Å². The highest BCUT2D eigenvalue weighted by Gasteiger charge is 2.60. The van der Waals surface area contributed by atoms with E-state index in [0.29, 0.717) is 12.0 Å². The van der Waals surface area contributed by atoms with Gasteiger partial charge in [-0.3, -0.25) is 9.69 Å². The van der Waals surface area contributed by atoms with Crippen LogP contribution in [-0.2, 0) is 10.2 Å². The quantitative estimate of drug-likeness (QED) is 0.638. The lowest BCUT2D eigenvalue weighted by atomic mass is 9.62. The van der Waals surface area contributed by atoms with Crippen molar-refractivity contribution in [1.82, 2.24) is 4.90 Å². The molecule has 2 saturated heterocycles. The number of nitrogens with zero attached hydrogens (tertiary/aromatic N) is 1. The van der Waals surface area contributed by atoms with Crippen LogP contribution in [0.1, 0.15) is 25.3 Å². The summed E-state index contributed by atoms with van der Waals surface area (Å²) in [6.07, 6.45) is 5.55. The molecule has 2 fully saturated rings. The number of hydrogen-bond donors (Lipinski definition) is 1. The first-order valence-electron chi connectivity index (χ1n) is 8.25. The molecular formula is C19H20N2O. The maximum absolute atomic E-state index is 11.9. The molecule has 22 heavy (non-hydrogen) atoms. The van der Waals surface area contributed by atoms with Gasteiger partial charge in [0.05, 0.1) is 5.41 Å². The molecule has 0 amide bonds. The Morgan fingerprint density at radius 2 is 2.23 bits per heavy atom. The third-order valence-corrected chi connectivity index (χ3v) is 6.37. The highest BCUT2D eigenvalue weighted by atomic mass is 16.1. The van der Waals surface area contributed by atoms with Gasteiger partial charge >= 0.3 is 0 Å². The molecule has 5 rings (SSSR count). The van der Waals surface area contributed by atoms with Crippen molar-refractivity contribution in [3.63, 3.8) is 0 Å². The zero-order chi connectivity index (χ0) is 14.9. The molecule has 3 heterocycles. The lowest BCUT2D eigenvalue weighted by Gasteiger charge is -2.48. The minimum atomic E-state index is 0.0304. The van der Waals surface area contributed by atoms with Crippen LogP contribution < -0.4 is 5.32 Å². The zero-order valence-corrected chi connectivity index (χ0v) is 12.8. The third-order valence-electron chi connectivity index (χ3n) is 6.37. The summed E-state index contributed by atoms with van der Waals surface area (Å²) in [6, 6.07) is 9.16. The number of anilines is 1. The number of carbonyl (C=O) groups is 1. The van der Waals surface area contributed by atoms with Crippen molar-refractivity contribution >= 4 is 12.0 Å². The molecule has 1 aliphatic carbocycles. The standard InChI is InChI=1S/C19H20N2O/c1-2-12-10-21-8-7-19-15-5-3-4-6-16(15)20-18(19)14(11-22)13(12)9-17(19)21/h2-6,11,13,17,20H,7-10H2,1H3/t13-,17-,19+/m0/s1. The summed E-state index contributed by atoms with van der Waals surface area (Å²) in [6.45, 7) is 4.26. The molecular weight excluding hydrogens is 272 g/mol. The van der Waals surface area contributed by atoms with Gasteiger partial charge in [0.1, 0.15) is 6.29 Å². The first kappa shape index (κ1) is 12.7. The van der Waals surface area contributed by atoms with Crippen molar-refractivity contribution < 1.29 is 4.79 Å². The summed E-state index contributed by atoms with van der Waals surface area (Å²) in [5.74, 6) is 0.312. The predicted molar refractivity (Wildman–Crippen MR) is 86.7 cm³/mol. The van der Waals surface area contributed by atoms with Crippen molar-refractivity contribution in [2.24, 2.45) is 5.92 Å². The van der Waals surface area contributed by atoms with Gasteiger partial charge in [-0.2, -0.15) is 0 Å². The van der Waals surface area contributed by atoms with E-state index in [9.17, 15) is 4.79 Å². The second-order valence-corrected chi connectivity index (χ2v) is 6.98. The van der Waals surface area contributed by atoms with Crippen LogP contribution >= 0.6 is 0 Å². The Kier molecular flexibility index (Phi) is 2.36. The van der Waals surface area contributed by atoms with Crippen LogP contribution in [0.25, 0.3) is 0 Å². The first-order valence-corrected chi connectivity index (χ1v) is 8.25. The molecule has 2 bridgehead atoms. The molecule has 1 spiro atoms. The first-order chi connectivity index (χ1) is 10.8. The zero-order valence-electron chi connectivity index (χ0n) is 12.8. The van der Waals surface area contributed by atoms with Crippen LogP contribution in [0.3, 0.4) is 0 Å². The summed E-state index contributed by atoms with van der Waals surface area (Å²) in [5.41, 5.74) is 6.25. The van der Waals surface area contributed by atoms with E-state index in [-0.39, 0.29) is 5.41 Å². The second-order valence-electron chi connectivity index (χ2n) is 6.98. The van der Waals surface area contributed by atoms with Crippen LogP contribution in [0.15, 0.2) is 47.2 Å². The molecule has 0 saturated carbocycles. The number of aldehydes is 1. The smallest absolute Gasteiger partial charge is 0.148 e. The van der Waals surface area contributed by atoms with Crippen LogP contribution in [0, 0.1) is 5.92 Å². The molecule has 0 unspecified atom stereocenters. The van der Waals surface area contributed by atoms with Crippen LogP contribution in [0.5, 0.6) is 0 Å². The van der Waals surface area contributed by atoms with Gasteiger partial charge < -0.3 is 5.32 Å². The van der Waals surface area contributed by atoms with E-state index >= 15 is 0 Å². The Labute approximate surface area is 130 Å². The normalized spacial score (nSPS) is 37.0. The maximum atomic E-state index is 11.9. The van der Waals surface area contributed by atoms with Crippen LogP contribution in [-0.4, -0.2) is 30.3 Å². The number of rotatable bonds is 1. The Morgan fingerprint density at radius 3 is 3.05 bits per heavy atom. The van der Waals surface area contributed by atoms with E-state index in [4.69, 9.17) is 0 Å². The van der Waals surface area contributed by atoms with Gasteiger partial charge in [-0.05, 0) is 31.4 Å². The second kappa shape index (κ2) is 4.11. The van der Waals surface area contributed by atoms with Crippen LogP contribution in [0.4, 0.5) is 5.69 Å². The minimum absolute atomic E-state index is 0.0304. The Balaban J connectivity index is 1.83. The third kappa shape index (κ3) is 1.25. The largest absolute Gasteiger partial charge is 0.358 e. The molecule has 1 aromatic rings. The number of para-hydroxylation sites is 1.